The van der Waals surface area contributed by atoms with Crippen molar-refractivity contribution in [3.63, 3.8) is 0 Å². The average molecular weight is 308 g/mol. The van der Waals surface area contributed by atoms with E-state index in [-0.39, 0.29) is 24.6 Å². The molecular weight excluding hydrogens is 292 g/mol. The third-order valence-electron chi connectivity index (χ3n) is 3.61. The quantitative estimate of drug-likeness (QED) is 0.752. The van der Waals surface area contributed by atoms with Gasteiger partial charge in [-0.25, -0.2) is 5.10 Å². The zero-order valence-electron chi connectivity index (χ0n) is 12.7. The standard InChI is InChI=1S/C18H16N2O3/c1-12-6-8-13(9-7-12)11-23-17(21)10-16-14-4-2-3-5-15(14)18(22)20-19-16/h2-9H,10-11H2,1H3,(H,20,22). The first-order chi connectivity index (χ1) is 11.1. The SMILES string of the molecule is Cc1ccc(COC(=O)Cc2n[nH]c(=O)c3ccccc23)cc1. The molecule has 0 aliphatic rings. The molecular formula is C18H16N2O3. The van der Waals surface area contributed by atoms with Crippen molar-refractivity contribution in [2.75, 3.05) is 0 Å². The number of carbonyl (C=O) groups is 1. The number of nitrogens with zero attached hydrogens (tertiary/aromatic N) is 1. The van der Waals surface area contributed by atoms with Gasteiger partial charge in [-0.15, -0.1) is 0 Å². The van der Waals surface area contributed by atoms with E-state index in [4.69, 9.17) is 4.74 Å². The van der Waals surface area contributed by atoms with E-state index < -0.39 is 0 Å². The Bertz CT molecular complexity index is 898. The Morgan fingerprint density at radius 1 is 1.09 bits per heavy atom. The highest BCUT2D eigenvalue weighted by atomic mass is 16.5. The van der Waals surface area contributed by atoms with Gasteiger partial charge in [-0.2, -0.15) is 5.10 Å². The van der Waals surface area contributed by atoms with E-state index in [1.54, 1.807) is 18.2 Å². The van der Waals surface area contributed by atoms with E-state index in [0.717, 1.165) is 11.1 Å². The number of fused-ring (bicyclic) bond motifs is 1. The zero-order chi connectivity index (χ0) is 16.2. The Balaban J connectivity index is 1.72. The lowest BCUT2D eigenvalue weighted by Gasteiger charge is -2.06. The van der Waals surface area contributed by atoms with Gasteiger partial charge in [0.1, 0.15) is 6.61 Å². The summed E-state index contributed by atoms with van der Waals surface area (Å²) in [5, 5.41) is 7.58. The molecule has 0 fully saturated rings. The molecule has 0 bridgehead atoms. The summed E-state index contributed by atoms with van der Waals surface area (Å²) in [7, 11) is 0. The average Bonchev–Trinajstić information content (AvgIpc) is 2.57. The van der Waals surface area contributed by atoms with Crippen molar-refractivity contribution < 1.29 is 9.53 Å². The van der Waals surface area contributed by atoms with Crippen LogP contribution in [0.4, 0.5) is 0 Å². The van der Waals surface area contributed by atoms with Crippen LogP contribution in [0.3, 0.4) is 0 Å². The van der Waals surface area contributed by atoms with Crippen LogP contribution in [0.5, 0.6) is 0 Å². The fourth-order valence-electron chi connectivity index (χ4n) is 2.34. The van der Waals surface area contributed by atoms with Crippen molar-refractivity contribution in [1.82, 2.24) is 10.2 Å². The molecule has 2 aromatic carbocycles. The monoisotopic (exact) mass is 308 g/mol. The van der Waals surface area contributed by atoms with Crippen molar-refractivity contribution in [1.29, 1.82) is 0 Å². The van der Waals surface area contributed by atoms with Crippen molar-refractivity contribution in [3.05, 3.63) is 75.7 Å². The maximum atomic E-state index is 12.0. The number of rotatable bonds is 4. The third-order valence-corrected chi connectivity index (χ3v) is 3.61. The van der Waals surface area contributed by atoms with E-state index in [1.807, 2.05) is 37.3 Å². The lowest BCUT2D eigenvalue weighted by atomic mass is 10.1. The number of carbonyl (C=O) groups excluding carboxylic acids is 1. The van der Waals surface area contributed by atoms with Gasteiger partial charge in [0.2, 0.25) is 0 Å². The first-order valence-electron chi connectivity index (χ1n) is 7.31. The van der Waals surface area contributed by atoms with Gasteiger partial charge in [0.15, 0.2) is 0 Å². The minimum atomic E-state index is -0.379. The molecule has 0 saturated heterocycles. The number of esters is 1. The van der Waals surface area contributed by atoms with E-state index in [1.165, 1.54) is 0 Å². The van der Waals surface area contributed by atoms with Crippen molar-refractivity contribution >= 4 is 16.7 Å². The predicted molar refractivity (Wildman–Crippen MR) is 87.0 cm³/mol. The van der Waals surface area contributed by atoms with E-state index in [0.29, 0.717) is 16.5 Å². The molecule has 0 radical (unpaired) electrons. The Kier molecular flexibility index (Phi) is 4.19. The van der Waals surface area contributed by atoms with Crippen LogP contribution < -0.4 is 5.56 Å². The highest BCUT2D eigenvalue weighted by Crippen LogP contribution is 2.13. The molecule has 116 valence electrons. The highest BCUT2D eigenvalue weighted by molar-refractivity contribution is 5.86. The number of nitrogens with one attached hydrogen (secondary N) is 1. The first-order valence-corrected chi connectivity index (χ1v) is 7.31. The number of aryl methyl sites for hydroxylation is 1. The van der Waals surface area contributed by atoms with Crippen LogP contribution in [0.2, 0.25) is 0 Å². The summed E-state index contributed by atoms with van der Waals surface area (Å²) in [6.07, 6.45) is 0.0170. The maximum absolute atomic E-state index is 12.0. The highest BCUT2D eigenvalue weighted by Gasteiger charge is 2.11. The molecule has 5 heteroatoms. The van der Waals surface area contributed by atoms with Crippen LogP contribution in [0.1, 0.15) is 16.8 Å². The second-order valence-corrected chi connectivity index (χ2v) is 5.37. The van der Waals surface area contributed by atoms with E-state index in [2.05, 4.69) is 10.2 Å². The van der Waals surface area contributed by atoms with Crippen LogP contribution in [0, 0.1) is 6.92 Å². The zero-order valence-corrected chi connectivity index (χ0v) is 12.7. The van der Waals surface area contributed by atoms with Crippen LogP contribution in [-0.2, 0) is 22.6 Å². The van der Waals surface area contributed by atoms with Gasteiger partial charge >= 0.3 is 5.97 Å². The molecule has 1 heterocycles. The number of benzene rings is 2. The number of hydrogen-bond acceptors (Lipinski definition) is 4. The number of hydrogen-bond donors (Lipinski definition) is 1. The minimum Gasteiger partial charge on any atom is -0.461 e. The molecule has 1 aromatic heterocycles. The largest absolute Gasteiger partial charge is 0.461 e. The predicted octanol–water partition coefficient (Wildman–Crippen LogP) is 2.52. The van der Waals surface area contributed by atoms with Gasteiger partial charge in [-0.3, -0.25) is 9.59 Å². The van der Waals surface area contributed by atoms with Gasteiger partial charge in [0.05, 0.1) is 17.5 Å². The molecule has 1 N–H and O–H groups in total. The number of H-pyrrole nitrogens is 1. The molecule has 23 heavy (non-hydrogen) atoms. The van der Waals surface area contributed by atoms with Gasteiger partial charge in [-0.05, 0) is 18.6 Å². The Morgan fingerprint density at radius 2 is 1.78 bits per heavy atom. The van der Waals surface area contributed by atoms with Crippen LogP contribution in [0.25, 0.3) is 10.8 Å². The topological polar surface area (TPSA) is 72.0 Å². The Labute approximate surface area is 132 Å². The number of ether oxygens (including phenoxy) is 1. The van der Waals surface area contributed by atoms with Crippen molar-refractivity contribution in [2.45, 2.75) is 20.0 Å². The molecule has 0 atom stereocenters. The molecule has 0 saturated carbocycles. The van der Waals surface area contributed by atoms with Gasteiger partial charge in [0, 0.05) is 5.39 Å². The molecule has 5 nitrogen and oxygen atoms in total. The second kappa shape index (κ2) is 6.44. The van der Waals surface area contributed by atoms with E-state index in [9.17, 15) is 9.59 Å². The molecule has 0 aliphatic carbocycles. The molecule has 3 rings (SSSR count). The Morgan fingerprint density at radius 3 is 2.52 bits per heavy atom. The summed E-state index contributed by atoms with van der Waals surface area (Å²) in [5.74, 6) is -0.379. The number of aromatic amines is 1. The number of aromatic nitrogens is 2. The minimum absolute atomic E-state index is 0.0170. The smallest absolute Gasteiger partial charge is 0.312 e. The summed E-state index contributed by atoms with van der Waals surface area (Å²) < 4.78 is 5.28. The fraction of sp³-hybridized carbons (Fsp3) is 0.167. The summed E-state index contributed by atoms with van der Waals surface area (Å²) in [5.41, 5.74) is 2.33. The summed E-state index contributed by atoms with van der Waals surface area (Å²) in [6.45, 7) is 2.23. The summed E-state index contributed by atoms with van der Waals surface area (Å²) in [6, 6.07) is 14.9. The maximum Gasteiger partial charge on any atom is 0.312 e. The molecule has 0 amide bonds. The van der Waals surface area contributed by atoms with Gasteiger partial charge in [-0.1, -0.05) is 48.0 Å². The van der Waals surface area contributed by atoms with Crippen LogP contribution >= 0.6 is 0 Å². The third kappa shape index (κ3) is 3.45. The molecule has 3 aromatic rings. The van der Waals surface area contributed by atoms with Gasteiger partial charge in [0.25, 0.3) is 5.56 Å². The summed E-state index contributed by atoms with van der Waals surface area (Å²) >= 11 is 0. The second-order valence-electron chi connectivity index (χ2n) is 5.37. The van der Waals surface area contributed by atoms with Crippen molar-refractivity contribution in [2.24, 2.45) is 0 Å². The lowest BCUT2D eigenvalue weighted by Crippen LogP contribution is -2.15. The molecule has 0 unspecified atom stereocenters. The summed E-state index contributed by atoms with van der Waals surface area (Å²) in [4.78, 5) is 23.7. The van der Waals surface area contributed by atoms with E-state index >= 15 is 0 Å². The Hall–Kier alpha value is -2.95. The van der Waals surface area contributed by atoms with Crippen molar-refractivity contribution in [3.8, 4) is 0 Å². The van der Waals surface area contributed by atoms with Gasteiger partial charge < -0.3 is 4.74 Å². The molecule has 0 aliphatic heterocycles. The fourth-order valence-corrected chi connectivity index (χ4v) is 2.34. The molecule has 0 spiro atoms. The lowest BCUT2D eigenvalue weighted by molar-refractivity contribution is -0.144. The van der Waals surface area contributed by atoms with Crippen LogP contribution in [0.15, 0.2) is 53.3 Å². The van der Waals surface area contributed by atoms with Crippen LogP contribution in [-0.4, -0.2) is 16.2 Å². The first kappa shape index (κ1) is 15.0. The normalized spacial score (nSPS) is 10.7.